The number of methoxy groups -OCH3 is 2. The molecule has 1 aliphatic heterocycles. The van der Waals surface area contributed by atoms with E-state index in [-0.39, 0.29) is 30.1 Å². The fraction of sp³-hybridized carbons (Fsp3) is 0.317. The molecule has 0 N–H and O–H groups in total. The second-order valence-electron chi connectivity index (χ2n) is 13.2. The molecular formula is C41H41NO6. The number of aryl methyl sites for hydroxylation is 2. The molecule has 1 saturated heterocycles. The van der Waals surface area contributed by atoms with Crippen LogP contribution in [0, 0.1) is 19.8 Å². The van der Waals surface area contributed by atoms with Crippen molar-refractivity contribution in [1.82, 2.24) is 4.90 Å². The van der Waals surface area contributed by atoms with Gasteiger partial charge in [0.2, 0.25) is 6.29 Å². The second kappa shape index (κ2) is 13.0. The third kappa shape index (κ3) is 5.66. The molecule has 2 aliphatic carbocycles. The van der Waals surface area contributed by atoms with Crippen molar-refractivity contribution in [3.8, 4) is 11.5 Å². The molecule has 4 atom stereocenters. The lowest BCUT2D eigenvalue weighted by molar-refractivity contribution is -0.122. The van der Waals surface area contributed by atoms with Crippen LogP contribution < -0.4 is 9.47 Å². The van der Waals surface area contributed by atoms with Crippen molar-refractivity contribution >= 4 is 11.7 Å². The summed E-state index contributed by atoms with van der Waals surface area (Å²) in [5.74, 6) is 1.29. The van der Waals surface area contributed by atoms with E-state index in [2.05, 4.69) is 12.1 Å². The minimum absolute atomic E-state index is 0.0107. The number of carbonyl (C=O) groups is 2. The molecule has 0 spiro atoms. The number of carbonyl (C=O) groups excluding carboxylic acids is 2. The monoisotopic (exact) mass is 643 g/mol. The number of hydrogen-bond donors (Lipinski definition) is 0. The smallest absolute Gasteiger partial charge is 0.254 e. The van der Waals surface area contributed by atoms with Crippen LogP contribution in [0.25, 0.3) is 0 Å². The van der Waals surface area contributed by atoms with Crippen molar-refractivity contribution < 1.29 is 28.5 Å². The largest absolute Gasteiger partial charge is 0.493 e. The number of likely N-dealkylation sites (tertiary alicyclic amines) is 1. The maximum absolute atomic E-state index is 14.2. The number of piperidine rings is 1. The summed E-state index contributed by atoms with van der Waals surface area (Å²) >= 11 is 0. The summed E-state index contributed by atoms with van der Waals surface area (Å²) in [5, 5.41) is 0. The van der Waals surface area contributed by atoms with Crippen molar-refractivity contribution in [2.75, 3.05) is 20.8 Å². The average molecular weight is 644 g/mol. The van der Waals surface area contributed by atoms with E-state index < -0.39 is 11.7 Å². The second-order valence-corrected chi connectivity index (χ2v) is 13.2. The topological polar surface area (TPSA) is 74.3 Å². The first-order valence-corrected chi connectivity index (χ1v) is 16.6. The Morgan fingerprint density at radius 1 is 0.917 bits per heavy atom. The third-order valence-corrected chi connectivity index (χ3v) is 10.2. The van der Waals surface area contributed by atoms with Gasteiger partial charge in [-0.05, 0) is 62.1 Å². The van der Waals surface area contributed by atoms with Crippen LogP contribution in [0.1, 0.15) is 62.9 Å². The molecule has 7 rings (SSSR count). The lowest BCUT2D eigenvalue weighted by Crippen LogP contribution is -2.62. The van der Waals surface area contributed by atoms with E-state index in [1.54, 1.807) is 14.2 Å². The normalized spacial score (nSPS) is 21.8. The van der Waals surface area contributed by atoms with Crippen LogP contribution in [0.4, 0.5) is 0 Å². The van der Waals surface area contributed by atoms with Gasteiger partial charge in [-0.3, -0.25) is 9.59 Å². The Morgan fingerprint density at radius 2 is 1.62 bits per heavy atom. The summed E-state index contributed by atoms with van der Waals surface area (Å²) in [6.07, 6.45) is 2.65. The van der Waals surface area contributed by atoms with Crippen molar-refractivity contribution in [2.24, 2.45) is 5.92 Å². The Bertz CT molecular complexity index is 1850. The quantitative estimate of drug-likeness (QED) is 0.177. The predicted molar refractivity (Wildman–Crippen MR) is 183 cm³/mol. The number of benzene rings is 4. The predicted octanol–water partition coefficient (Wildman–Crippen LogP) is 7.43. The zero-order valence-corrected chi connectivity index (χ0v) is 27.9. The Labute approximate surface area is 282 Å². The van der Waals surface area contributed by atoms with Gasteiger partial charge in [0, 0.05) is 47.0 Å². The third-order valence-electron chi connectivity index (χ3n) is 10.2. The SMILES string of the molecule is COC1=CC2[C@@H]3Cc4ccc(OC)c(OC(OCc5ccccc5)c5ccccc5)c4[C@]2(CCN3C(=O)c2cc(C)cc(C)c2)CC1=O. The highest BCUT2D eigenvalue weighted by Crippen LogP contribution is 2.59. The summed E-state index contributed by atoms with van der Waals surface area (Å²) in [6, 6.07) is 29.7. The number of fused-ring (bicyclic) bond motifs is 1. The van der Waals surface area contributed by atoms with Gasteiger partial charge in [-0.15, -0.1) is 0 Å². The maximum Gasteiger partial charge on any atom is 0.254 e. The number of nitrogens with zero attached hydrogens (tertiary/aromatic N) is 1. The summed E-state index contributed by atoms with van der Waals surface area (Å²) in [7, 11) is 3.18. The zero-order chi connectivity index (χ0) is 33.4. The van der Waals surface area contributed by atoms with E-state index in [1.165, 1.54) is 0 Å². The molecule has 0 aromatic heterocycles. The van der Waals surface area contributed by atoms with Gasteiger partial charge >= 0.3 is 0 Å². The molecule has 7 heteroatoms. The van der Waals surface area contributed by atoms with Gasteiger partial charge in [0.15, 0.2) is 23.0 Å². The Kier molecular flexibility index (Phi) is 8.56. The summed E-state index contributed by atoms with van der Waals surface area (Å²) in [6.45, 7) is 4.90. The molecule has 0 saturated carbocycles. The lowest BCUT2D eigenvalue weighted by Gasteiger charge is -2.57. The van der Waals surface area contributed by atoms with Crippen molar-refractivity contribution in [2.45, 2.75) is 57.5 Å². The van der Waals surface area contributed by atoms with Crippen LogP contribution in [-0.4, -0.2) is 43.4 Å². The molecular weight excluding hydrogens is 602 g/mol. The summed E-state index contributed by atoms with van der Waals surface area (Å²) in [4.78, 5) is 29.9. The minimum atomic E-state index is -0.741. The highest BCUT2D eigenvalue weighted by Gasteiger charge is 2.58. The molecule has 1 heterocycles. The molecule has 1 fully saturated rings. The van der Waals surface area contributed by atoms with Crippen LogP contribution in [0.3, 0.4) is 0 Å². The molecule has 2 bridgehead atoms. The summed E-state index contributed by atoms with van der Waals surface area (Å²) < 4.78 is 25.0. The fourth-order valence-electron chi connectivity index (χ4n) is 8.12. The van der Waals surface area contributed by atoms with Gasteiger partial charge in [0.25, 0.3) is 5.91 Å². The van der Waals surface area contributed by atoms with Crippen LogP contribution in [0.2, 0.25) is 0 Å². The highest BCUT2D eigenvalue weighted by atomic mass is 16.7. The molecule has 4 aromatic rings. The van der Waals surface area contributed by atoms with Gasteiger partial charge in [0.1, 0.15) is 0 Å². The van der Waals surface area contributed by atoms with E-state index in [1.807, 2.05) is 104 Å². The van der Waals surface area contributed by atoms with Gasteiger partial charge < -0.3 is 23.8 Å². The number of amides is 1. The van der Waals surface area contributed by atoms with Crippen molar-refractivity contribution in [3.63, 3.8) is 0 Å². The van der Waals surface area contributed by atoms with Crippen molar-refractivity contribution in [1.29, 1.82) is 0 Å². The van der Waals surface area contributed by atoms with E-state index in [0.717, 1.165) is 33.4 Å². The van der Waals surface area contributed by atoms with Crippen LogP contribution in [0.5, 0.6) is 11.5 Å². The number of ether oxygens (including phenoxy) is 4. The molecule has 48 heavy (non-hydrogen) atoms. The Morgan fingerprint density at radius 3 is 2.31 bits per heavy atom. The van der Waals surface area contributed by atoms with E-state index in [9.17, 15) is 9.59 Å². The minimum Gasteiger partial charge on any atom is -0.493 e. The molecule has 1 amide bonds. The van der Waals surface area contributed by atoms with Gasteiger partial charge in [0.05, 0.1) is 20.8 Å². The molecule has 246 valence electrons. The standard InChI is InChI=1S/C41H41NO6/c1-26-19-27(2)21-31(20-26)39(44)42-18-17-41-24-34(43)36(46-4)23-32(41)33(42)22-30-15-16-35(45-3)38(37(30)41)48-40(29-13-9-6-10-14-29)47-25-28-11-7-5-8-12-28/h5-16,19-21,23,32-33,40H,17-18,22,24-25H2,1-4H3/t32?,33-,40?,41+/m0/s1. The van der Waals surface area contributed by atoms with E-state index >= 15 is 0 Å². The van der Waals surface area contributed by atoms with Crippen LogP contribution in [0.15, 0.2) is 103 Å². The fourth-order valence-corrected chi connectivity index (χ4v) is 8.12. The highest BCUT2D eigenvalue weighted by molar-refractivity contribution is 5.97. The maximum atomic E-state index is 14.2. The number of ketones is 1. The van der Waals surface area contributed by atoms with Crippen LogP contribution >= 0.6 is 0 Å². The number of Topliss-reactive ketones (excluding diaryl/α,β-unsaturated/α-hetero) is 1. The molecule has 3 aliphatic rings. The lowest BCUT2D eigenvalue weighted by atomic mass is 9.53. The zero-order valence-electron chi connectivity index (χ0n) is 27.9. The van der Waals surface area contributed by atoms with Crippen LogP contribution in [-0.2, 0) is 32.7 Å². The molecule has 0 radical (unpaired) electrons. The van der Waals surface area contributed by atoms with Gasteiger partial charge in [-0.25, -0.2) is 0 Å². The van der Waals surface area contributed by atoms with Gasteiger partial charge in [-0.1, -0.05) is 83.9 Å². The molecule has 7 nitrogen and oxygen atoms in total. The number of allylic oxidation sites excluding steroid dienone is 1. The van der Waals surface area contributed by atoms with Crippen molar-refractivity contribution in [3.05, 3.63) is 142 Å². The van der Waals surface area contributed by atoms with E-state index in [0.29, 0.717) is 48.8 Å². The number of rotatable bonds is 9. The van der Waals surface area contributed by atoms with E-state index in [4.69, 9.17) is 18.9 Å². The average Bonchev–Trinajstić information content (AvgIpc) is 3.09. The summed E-state index contributed by atoms with van der Waals surface area (Å²) in [5.41, 5.74) is 6.08. The number of hydrogen-bond acceptors (Lipinski definition) is 6. The first kappa shape index (κ1) is 31.7. The first-order valence-electron chi connectivity index (χ1n) is 16.6. The van der Waals surface area contributed by atoms with Gasteiger partial charge in [-0.2, -0.15) is 0 Å². The first-order chi connectivity index (χ1) is 23.3. The molecule has 4 aromatic carbocycles. The molecule has 2 unspecified atom stereocenters. The Hall–Kier alpha value is -4.88. The Balaban J connectivity index is 1.33.